The molecule has 2 atom stereocenters. The topological polar surface area (TPSA) is 88.1 Å². The molecule has 27 heavy (non-hydrogen) atoms. The molecule has 0 bridgehead atoms. The van der Waals surface area contributed by atoms with Crippen LogP contribution in [0.1, 0.15) is 53.5 Å². The van der Waals surface area contributed by atoms with Gasteiger partial charge in [-0.1, -0.05) is 12.1 Å². The van der Waals surface area contributed by atoms with E-state index in [-0.39, 0.29) is 30.3 Å². The van der Waals surface area contributed by atoms with Crippen LogP contribution in [0.3, 0.4) is 0 Å². The molecule has 7 nitrogen and oxygen atoms in total. The van der Waals surface area contributed by atoms with Crippen molar-refractivity contribution in [2.24, 2.45) is 0 Å². The number of carbonyl (C=O) groups is 2. The minimum Gasteiger partial charge on any atom is -0.344 e. The Hall–Kier alpha value is -2.38. The van der Waals surface area contributed by atoms with E-state index >= 15 is 0 Å². The second-order valence-corrected chi connectivity index (χ2v) is 7.02. The van der Waals surface area contributed by atoms with Crippen molar-refractivity contribution < 1.29 is 9.59 Å². The van der Waals surface area contributed by atoms with Gasteiger partial charge in [0.15, 0.2) is 0 Å². The summed E-state index contributed by atoms with van der Waals surface area (Å²) in [6, 6.07) is 7.71. The molecule has 1 aromatic heterocycles. The molecule has 2 amide bonds. The fourth-order valence-corrected chi connectivity index (χ4v) is 3.59. The van der Waals surface area contributed by atoms with Gasteiger partial charge < -0.3 is 16.0 Å². The first-order chi connectivity index (χ1) is 12.6. The number of nitrogens with zero attached hydrogens (tertiary/aromatic N) is 2. The zero-order chi connectivity index (χ0) is 18.1. The van der Waals surface area contributed by atoms with Crippen LogP contribution in [-0.2, 0) is 11.2 Å². The van der Waals surface area contributed by atoms with Gasteiger partial charge in [-0.15, -0.1) is 12.4 Å². The summed E-state index contributed by atoms with van der Waals surface area (Å²) >= 11 is 0. The highest BCUT2D eigenvalue weighted by Gasteiger charge is 2.21. The SMILES string of the molecule is CC(NC(=O)c1ccn(C2CCCNC2)n1)c1ccc2c(c1)CC(=O)N2.Cl. The van der Waals surface area contributed by atoms with Gasteiger partial charge in [0, 0.05) is 18.4 Å². The maximum absolute atomic E-state index is 12.5. The Morgan fingerprint density at radius 1 is 1.37 bits per heavy atom. The predicted molar refractivity (Wildman–Crippen MR) is 105 cm³/mol. The van der Waals surface area contributed by atoms with Crippen molar-refractivity contribution >= 4 is 29.9 Å². The third-order valence-electron chi connectivity index (χ3n) is 5.09. The number of amides is 2. The van der Waals surface area contributed by atoms with E-state index in [1.165, 1.54) is 0 Å². The second kappa shape index (κ2) is 8.10. The molecule has 3 N–H and O–H groups in total. The number of piperidine rings is 1. The number of halogens is 1. The molecule has 2 aromatic rings. The molecule has 2 aliphatic heterocycles. The molecular weight excluding hydrogens is 366 g/mol. The number of hydrogen-bond acceptors (Lipinski definition) is 4. The Morgan fingerprint density at radius 2 is 2.22 bits per heavy atom. The molecule has 1 fully saturated rings. The molecule has 2 unspecified atom stereocenters. The molecule has 3 heterocycles. The fourth-order valence-electron chi connectivity index (χ4n) is 3.59. The van der Waals surface area contributed by atoms with Crippen LogP contribution in [0.2, 0.25) is 0 Å². The van der Waals surface area contributed by atoms with Crippen molar-refractivity contribution in [1.29, 1.82) is 0 Å². The zero-order valence-electron chi connectivity index (χ0n) is 15.2. The molecule has 0 saturated carbocycles. The number of aromatic nitrogens is 2. The summed E-state index contributed by atoms with van der Waals surface area (Å²) in [6.45, 7) is 3.87. The Kier molecular flexibility index (Phi) is 5.82. The molecular formula is C19H24ClN5O2. The molecule has 2 aliphatic rings. The summed E-state index contributed by atoms with van der Waals surface area (Å²) in [5.74, 6) is -0.175. The van der Waals surface area contributed by atoms with Crippen LogP contribution >= 0.6 is 12.4 Å². The molecule has 4 rings (SSSR count). The van der Waals surface area contributed by atoms with Gasteiger partial charge in [-0.05, 0) is 49.6 Å². The van der Waals surface area contributed by atoms with E-state index in [4.69, 9.17) is 0 Å². The van der Waals surface area contributed by atoms with Gasteiger partial charge >= 0.3 is 0 Å². The summed E-state index contributed by atoms with van der Waals surface area (Å²) in [7, 11) is 0. The average Bonchev–Trinajstić information content (AvgIpc) is 3.27. The predicted octanol–water partition coefficient (Wildman–Crippen LogP) is 2.22. The summed E-state index contributed by atoms with van der Waals surface area (Å²) < 4.78 is 1.89. The van der Waals surface area contributed by atoms with E-state index < -0.39 is 0 Å². The van der Waals surface area contributed by atoms with Gasteiger partial charge in [0.2, 0.25) is 5.91 Å². The minimum absolute atomic E-state index is 0. The lowest BCUT2D eigenvalue weighted by atomic mass is 10.0. The number of rotatable bonds is 4. The first kappa shape index (κ1) is 19.4. The molecule has 1 aromatic carbocycles. The van der Waals surface area contributed by atoms with Gasteiger partial charge in [0.1, 0.15) is 5.69 Å². The maximum Gasteiger partial charge on any atom is 0.272 e. The van der Waals surface area contributed by atoms with Gasteiger partial charge in [-0.3, -0.25) is 14.3 Å². The van der Waals surface area contributed by atoms with E-state index in [1.54, 1.807) is 6.07 Å². The third-order valence-corrected chi connectivity index (χ3v) is 5.09. The summed E-state index contributed by atoms with van der Waals surface area (Å²) in [5.41, 5.74) is 3.24. The van der Waals surface area contributed by atoms with Gasteiger partial charge in [-0.25, -0.2) is 0 Å². The molecule has 0 spiro atoms. The summed E-state index contributed by atoms with van der Waals surface area (Å²) in [4.78, 5) is 24.0. The summed E-state index contributed by atoms with van der Waals surface area (Å²) in [5, 5.41) is 13.6. The normalized spacial score (nSPS) is 19.6. The lowest BCUT2D eigenvalue weighted by Crippen LogP contribution is -2.32. The molecule has 144 valence electrons. The Bertz CT molecular complexity index is 844. The average molecular weight is 390 g/mol. The lowest BCUT2D eigenvalue weighted by molar-refractivity contribution is -0.115. The van der Waals surface area contributed by atoms with Crippen LogP contribution in [0.5, 0.6) is 0 Å². The highest BCUT2D eigenvalue weighted by Crippen LogP contribution is 2.26. The smallest absolute Gasteiger partial charge is 0.272 e. The van der Waals surface area contributed by atoms with E-state index in [2.05, 4.69) is 21.0 Å². The number of anilines is 1. The second-order valence-electron chi connectivity index (χ2n) is 7.02. The first-order valence-electron chi connectivity index (χ1n) is 9.09. The van der Waals surface area contributed by atoms with Crippen LogP contribution in [0.15, 0.2) is 30.5 Å². The van der Waals surface area contributed by atoms with Crippen molar-refractivity contribution in [2.75, 3.05) is 18.4 Å². The van der Waals surface area contributed by atoms with E-state index in [0.717, 1.165) is 42.7 Å². The Labute approximate surface area is 164 Å². The fraction of sp³-hybridized carbons (Fsp3) is 0.421. The summed E-state index contributed by atoms with van der Waals surface area (Å²) in [6.07, 6.45) is 4.47. The number of carbonyl (C=O) groups excluding carboxylic acids is 2. The van der Waals surface area contributed by atoms with Crippen molar-refractivity contribution in [3.63, 3.8) is 0 Å². The number of benzene rings is 1. The maximum atomic E-state index is 12.5. The van der Waals surface area contributed by atoms with Crippen molar-refractivity contribution in [3.8, 4) is 0 Å². The van der Waals surface area contributed by atoms with Crippen LogP contribution < -0.4 is 16.0 Å². The van der Waals surface area contributed by atoms with E-state index in [9.17, 15) is 9.59 Å². The molecule has 8 heteroatoms. The minimum atomic E-state index is -0.185. The number of fused-ring (bicyclic) bond motifs is 1. The number of hydrogen-bond donors (Lipinski definition) is 3. The van der Waals surface area contributed by atoms with Gasteiger partial charge in [-0.2, -0.15) is 5.10 Å². The Morgan fingerprint density at radius 3 is 3.00 bits per heavy atom. The van der Waals surface area contributed by atoms with Crippen LogP contribution in [0.25, 0.3) is 0 Å². The van der Waals surface area contributed by atoms with Crippen LogP contribution in [0, 0.1) is 0 Å². The monoisotopic (exact) mass is 389 g/mol. The highest BCUT2D eigenvalue weighted by atomic mass is 35.5. The van der Waals surface area contributed by atoms with E-state index in [1.807, 2.05) is 36.0 Å². The highest BCUT2D eigenvalue weighted by molar-refractivity contribution is 5.99. The largest absolute Gasteiger partial charge is 0.344 e. The Balaban J connectivity index is 0.00000210. The molecule has 0 aliphatic carbocycles. The van der Waals surface area contributed by atoms with Crippen molar-refractivity contribution in [2.45, 2.75) is 38.3 Å². The van der Waals surface area contributed by atoms with Crippen LogP contribution in [-0.4, -0.2) is 34.7 Å². The first-order valence-corrected chi connectivity index (χ1v) is 9.09. The van der Waals surface area contributed by atoms with Crippen molar-refractivity contribution in [3.05, 3.63) is 47.3 Å². The molecule has 1 saturated heterocycles. The third kappa shape index (κ3) is 4.14. The number of nitrogens with one attached hydrogen (secondary N) is 3. The molecule has 0 radical (unpaired) electrons. The van der Waals surface area contributed by atoms with Crippen molar-refractivity contribution in [1.82, 2.24) is 20.4 Å². The van der Waals surface area contributed by atoms with E-state index in [0.29, 0.717) is 18.2 Å². The van der Waals surface area contributed by atoms with Crippen LogP contribution in [0.4, 0.5) is 5.69 Å². The van der Waals surface area contributed by atoms with Gasteiger partial charge in [0.05, 0.1) is 18.5 Å². The standard InChI is InChI=1S/C19H23N5O2.ClH/c1-12(13-4-5-16-14(9-13)10-18(25)22-16)21-19(26)17-6-8-24(23-17)15-3-2-7-20-11-15;/h4-6,8-9,12,15,20H,2-3,7,10-11H2,1H3,(H,21,26)(H,22,25);1H. The lowest BCUT2D eigenvalue weighted by Gasteiger charge is -2.22. The van der Waals surface area contributed by atoms with Gasteiger partial charge in [0.25, 0.3) is 5.91 Å². The zero-order valence-corrected chi connectivity index (χ0v) is 16.0. The quantitative estimate of drug-likeness (QED) is 0.748.